The van der Waals surface area contributed by atoms with E-state index >= 15 is 0 Å². The lowest BCUT2D eigenvalue weighted by molar-refractivity contribution is -0.174. The van der Waals surface area contributed by atoms with Gasteiger partial charge in [-0.1, -0.05) is 120 Å². The Hall–Kier alpha value is -6.17. The van der Waals surface area contributed by atoms with Gasteiger partial charge in [0.2, 0.25) is 23.3 Å². The maximum absolute atomic E-state index is 14.0. The van der Waals surface area contributed by atoms with Crippen molar-refractivity contribution in [1.82, 2.24) is 19.6 Å². The minimum atomic E-state index is -4.78. The second-order valence-corrected chi connectivity index (χ2v) is 15.6. The summed E-state index contributed by atoms with van der Waals surface area (Å²) in [5, 5.41) is 9.04. The summed E-state index contributed by atoms with van der Waals surface area (Å²) in [5.41, 5.74) is 1.88. The monoisotopic (exact) mass is 888 g/mol. The third kappa shape index (κ3) is 9.58. The van der Waals surface area contributed by atoms with Crippen molar-refractivity contribution in [3.8, 4) is 5.75 Å². The number of nitrogens with one attached hydrogen (secondary N) is 2. The molecule has 3 heterocycles. The molecule has 2 aliphatic heterocycles. The summed E-state index contributed by atoms with van der Waals surface area (Å²) in [7, 11) is 1.53. The molecule has 0 saturated carbocycles. The van der Waals surface area contributed by atoms with Gasteiger partial charge in [-0.15, -0.1) is 23.4 Å². The number of esters is 1. The van der Waals surface area contributed by atoms with E-state index in [-0.39, 0.29) is 34.9 Å². The lowest BCUT2D eigenvalue weighted by Gasteiger charge is -2.49. The summed E-state index contributed by atoms with van der Waals surface area (Å²) in [4.78, 5) is 51.8. The molecule has 12 nitrogen and oxygen atoms in total. The second-order valence-electron chi connectivity index (χ2n) is 13.4. The highest BCUT2D eigenvalue weighted by molar-refractivity contribution is 8.00. The number of halogens is 4. The molecule has 2 amide bonds. The zero-order chi connectivity index (χ0) is 43.0. The van der Waals surface area contributed by atoms with Gasteiger partial charge in [0, 0.05) is 23.2 Å². The number of alkyl halides is 4. The number of hydrogen-bond donors (Lipinski definition) is 2. The van der Waals surface area contributed by atoms with Crippen molar-refractivity contribution in [1.29, 1.82) is 0 Å². The Morgan fingerprint density at radius 2 is 1.54 bits per heavy atom. The number of anilines is 1. The van der Waals surface area contributed by atoms with Crippen molar-refractivity contribution in [2.75, 3.05) is 30.7 Å². The Labute approximate surface area is 361 Å². The third-order valence-corrected chi connectivity index (χ3v) is 11.7. The SMILES string of the molecule is COc1ccc(COC(=O)C2=C(/C=C\CCl)CS[C@H]3[C@H](NC(=O)/C(=N\OCC(F)(F)F)c4nsc(NC(c5ccccc5)(c5ccccc5)c5ccccc5)n4)C(=O)N23)cc1. The third-order valence-electron chi connectivity index (χ3n) is 9.57. The van der Waals surface area contributed by atoms with E-state index in [0.29, 0.717) is 16.9 Å². The number of nitrogens with zero attached hydrogens (tertiary/aromatic N) is 4. The van der Waals surface area contributed by atoms with Crippen LogP contribution in [0.15, 0.2) is 144 Å². The van der Waals surface area contributed by atoms with Gasteiger partial charge >= 0.3 is 12.1 Å². The Morgan fingerprint density at radius 3 is 2.10 bits per heavy atom. The van der Waals surface area contributed by atoms with E-state index in [1.807, 2.05) is 91.0 Å². The maximum atomic E-state index is 14.0. The fourth-order valence-corrected chi connectivity index (χ4v) is 8.80. The number of thioether (sulfide) groups is 1. The first-order valence-corrected chi connectivity index (χ1v) is 20.9. The van der Waals surface area contributed by atoms with E-state index < -0.39 is 53.2 Å². The predicted molar refractivity (Wildman–Crippen MR) is 226 cm³/mol. The summed E-state index contributed by atoms with van der Waals surface area (Å²) < 4.78 is 54.8. The van der Waals surface area contributed by atoms with Gasteiger partial charge in [0.15, 0.2) is 0 Å². The molecule has 7 rings (SSSR count). The van der Waals surface area contributed by atoms with Crippen molar-refractivity contribution in [3.63, 3.8) is 0 Å². The summed E-state index contributed by atoms with van der Waals surface area (Å²) in [5.74, 6) is -1.87. The Kier molecular flexibility index (Phi) is 13.4. The Bertz CT molecular complexity index is 2340. The molecule has 0 aliphatic carbocycles. The summed E-state index contributed by atoms with van der Waals surface area (Å²) in [6, 6.07) is 34.4. The molecular formula is C43H36ClF3N6O6S2. The highest BCUT2D eigenvalue weighted by Crippen LogP contribution is 2.42. The Balaban J connectivity index is 1.16. The zero-order valence-corrected chi connectivity index (χ0v) is 34.6. The first kappa shape index (κ1) is 42.9. The van der Waals surface area contributed by atoms with Crippen LogP contribution in [0, 0.1) is 0 Å². The molecule has 18 heteroatoms. The number of methoxy groups -OCH3 is 1. The van der Waals surface area contributed by atoms with E-state index in [1.54, 1.807) is 36.4 Å². The number of carbonyl (C=O) groups is 3. The average molecular weight is 889 g/mol. The fraction of sp³-hybridized carbons (Fsp3) is 0.209. The van der Waals surface area contributed by atoms with Gasteiger partial charge in [-0.25, -0.2) is 4.79 Å². The number of ether oxygens (including phenoxy) is 2. The van der Waals surface area contributed by atoms with Crippen molar-refractivity contribution >= 4 is 63.5 Å². The van der Waals surface area contributed by atoms with Crippen LogP contribution in [-0.2, 0) is 36.1 Å². The molecule has 0 bridgehead atoms. The van der Waals surface area contributed by atoms with Crippen LogP contribution in [0.1, 0.15) is 28.1 Å². The van der Waals surface area contributed by atoms with Crippen LogP contribution in [0.4, 0.5) is 18.3 Å². The minimum absolute atomic E-state index is 0.0212. The number of hydrogen-bond acceptors (Lipinski definition) is 12. The number of allylic oxidation sites excluding steroid dienone is 2. The molecule has 2 aliphatic rings. The van der Waals surface area contributed by atoms with Gasteiger partial charge in [0.05, 0.1) is 7.11 Å². The van der Waals surface area contributed by atoms with E-state index in [9.17, 15) is 27.6 Å². The van der Waals surface area contributed by atoms with Crippen LogP contribution in [0.2, 0.25) is 0 Å². The van der Waals surface area contributed by atoms with E-state index in [1.165, 1.54) is 23.8 Å². The molecule has 0 unspecified atom stereocenters. The summed E-state index contributed by atoms with van der Waals surface area (Å²) >= 11 is 8.00. The number of aromatic nitrogens is 2. The highest BCUT2D eigenvalue weighted by Gasteiger charge is 2.54. The Morgan fingerprint density at radius 1 is 0.934 bits per heavy atom. The molecule has 61 heavy (non-hydrogen) atoms. The largest absolute Gasteiger partial charge is 0.497 e. The van der Waals surface area contributed by atoms with Gasteiger partial charge in [-0.05, 0) is 40.0 Å². The van der Waals surface area contributed by atoms with Crippen molar-refractivity contribution in [2.45, 2.75) is 29.7 Å². The predicted octanol–water partition coefficient (Wildman–Crippen LogP) is 7.43. The van der Waals surface area contributed by atoms with Gasteiger partial charge < -0.3 is 24.9 Å². The topological polar surface area (TPSA) is 144 Å². The fourth-order valence-electron chi connectivity index (χ4n) is 6.76. The molecule has 1 fully saturated rings. The molecular weight excluding hydrogens is 853 g/mol. The number of β-lactam (4-membered cyclic amide) rings is 1. The van der Waals surface area contributed by atoms with Crippen molar-refractivity contribution in [2.24, 2.45) is 5.16 Å². The van der Waals surface area contributed by atoms with Crippen LogP contribution in [0.5, 0.6) is 5.75 Å². The zero-order valence-electron chi connectivity index (χ0n) is 32.2. The van der Waals surface area contributed by atoms with E-state index in [0.717, 1.165) is 28.2 Å². The van der Waals surface area contributed by atoms with Crippen molar-refractivity contribution in [3.05, 3.63) is 167 Å². The van der Waals surface area contributed by atoms with Crippen molar-refractivity contribution < 1.29 is 41.9 Å². The van der Waals surface area contributed by atoms with Crippen LogP contribution in [0.3, 0.4) is 0 Å². The van der Waals surface area contributed by atoms with E-state index in [4.69, 9.17) is 21.1 Å². The molecule has 4 aromatic carbocycles. The molecule has 5 aromatic rings. The highest BCUT2D eigenvalue weighted by atomic mass is 35.5. The number of carbonyl (C=O) groups excluding carboxylic acids is 3. The number of fused-ring (bicyclic) bond motifs is 1. The first-order chi connectivity index (χ1) is 29.5. The molecule has 1 aromatic heterocycles. The number of rotatable bonds is 16. The van der Waals surface area contributed by atoms with Crippen LogP contribution < -0.4 is 15.4 Å². The van der Waals surface area contributed by atoms with Gasteiger partial charge in [-0.2, -0.15) is 22.5 Å². The van der Waals surface area contributed by atoms with Crippen LogP contribution >= 0.6 is 34.9 Å². The first-order valence-electron chi connectivity index (χ1n) is 18.6. The lowest BCUT2D eigenvalue weighted by atomic mass is 9.77. The molecule has 0 spiro atoms. The van der Waals surface area contributed by atoms with Crippen LogP contribution in [0.25, 0.3) is 0 Å². The maximum Gasteiger partial charge on any atom is 0.425 e. The number of oxime groups is 1. The molecule has 0 radical (unpaired) electrons. The quantitative estimate of drug-likeness (QED) is 0.0257. The number of amides is 2. The number of benzene rings is 4. The van der Waals surface area contributed by atoms with E-state index in [2.05, 4.69) is 30.0 Å². The van der Waals surface area contributed by atoms with Gasteiger partial charge in [0.25, 0.3) is 11.8 Å². The van der Waals surface area contributed by atoms with Gasteiger partial charge in [-0.3, -0.25) is 14.5 Å². The lowest BCUT2D eigenvalue weighted by Crippen LogP contribution is -2.71. The summed E-state index contributed by atoms with van der Waals surface area (Å²) in [6.45, 7) is -1.91. The molecule has 2 N–H and O–H groups in total. The molecule has 2 atom stereocenters. The van der Waals surface area contributed by atoms with Gasteiger partial charge in [0.1, 0.15) is 35.0 Å². The normalized spacial score (nSPS) is 16.8. The molecule has 1 saturated heterocycles. The average Bonchev–Trinajstić information content (AvgIpc) is 3.75. The second kappa shape index (κ2) is 19.0. The standard InChI is InChI=1S/C43H36ClF3N6O6S2/c1-57-32-21-19-27(20-22-32)24-58-40(56)35-28(12-11-23-44)25-60-39-34(38(55)53(35)39)48-37(54)33(51-59-26-42(45,46)47)36-49-41(61-52-36)50-43(29-13-5-2-6-14-29,30-15-7-3-8-16-30)31-17-9-4-10-18-31/h2-22,34,39H,23-26H2,1H3,(H,48,54)(H,49,50,52)/b12-11-,51-33-/t34-,39+/m1/s1. The molecule has 314 valence electrons. The smallest absolute Gasteiger partial charge is 0.425 e. The van der Waals surface area contributed by atoms with Crippen LogP contribution in [-0.4, -0.2) is 80.7 Å². The summed E-state index contributed by atoms with van der Waals surface area (Å²) in [6.07, 6.45) is -1.53. The minimum Gasteiger partial charge on any atom is -0.497 e.